The van der Waals surface area contributed by atoms with Gasteiger partial charge in [0.1, 0.15) is 0 Å². The van der Waals surface area contributed by atoms with Gasteiger partial charge in [0.05, 0.1) is 0 Å². The zero-order valence-corrected chi connectivity index (χ0v) is 9.05. The first-order valence-corrected chi connectivity index (χ1v) is 5.93. The van der Waals surface area contributed by atoms with Crippen molar-refractivity contribution in [3.8, 4) is 0 Å². The van der Waals surface area contributed by atoms with Crippen LogP contribution in [0, 0.1) is 23.2 Å². The molecule has 0 aromatic heterocycles. The van der Waals surface area contributed by atoms with E-state index in [9.17, 15) is 0 Å². The Hall–Kier alpha value is -0.0400. The molecule has 2 aliphatic carbocycles. The normalized spacial score (nSPS) is 45.5. The molecule has 2 rings (SSSR count). The molecule has 4 unspecified atom stereocenters. The number of fused-ring (bicyclic) bond motifs is 2. The predicted molar refractivity (Wildman–Crippen MR) is 56.4 cm³/mol. The molecule has 0 saturated heterocycles. The lowest BCUT2D eigenvalue weighted by Crippen LogP contribution is -2.41. The molecule has 0 aromatic carbocycles. The van der Waals surface area contributed by atoms with Crippen LogP contribution in [0.2, 0.25) is 0 Å². The van der Waals surface area contributed by atoms with Crippen molar-refractivity contribution < 1.29 is 0 Å². The van der Waals surface area contributed by atoms with Crippen LogP contribution in [-0.2, 0) is 0 Å². The Morgan fingerprint density at radius 2 is 2.23 bits per heavy atom. The molecule has 2 fully saturated rings. The molecule has 1 heteroatoms. The van der Waals surface area contributed by atoms with Crippen LogP contribution in [0.5, 0.6) is 0 Å². The van der Waals surface area contributed by atoms with Gasteiger partial charge in [0.15, 0.2) is 0 Å². The summed E-state index contributed by atoms with van der Waals surface area (Å²) < 4.78 is 0. The summed E-state index contributed by atoms with van der Waals surface area (Å²) in [7, 11) is 0. The summed E-state index contributed by atoms with van der Waals surface area (Å²) in [6, 6.07) is 0. The fourth-order valence-corrected chi connectivity index (χ4v) is 3.95. The van der Waals surface area contributed by atoms with Gasteiger partial charge in [0.2, 0.25) is 0 Å². The molecule has 4 atom stereocenters. The molecule has 0 aliphatic heterocycles. The Labute approximate surface area is 82.1 Å². The predicted octanol–water partition coefficient (Wildman–Crippen LogP) is 2.80. The summed E-state index contributed by atoms with van der Waals surface area (Å²) in [6.07, 6.45) is 7.18. The lowest BCUT2D eigenvalue weighted by atomic mass is 9.65. The molecule has 1 nitrogen and oxygen atoms in total. The van der Waals surface area contributed by atoms with Gasteiger partial charge in [-0.1, -0.05) is 26.7 Å². The number of rotatable bonds is 3. The standard InChI is InChI=1S/C12H23N/c1-3-9(2)12(8-13)7-10-4-5-11(12)6-10/h9-11H,3-8,13H2,1-2H3. The van der Waals surface area contributed by atoms with E-state index >= 15 is 0 Å². The zero-order valence-electron chi connectivity index (χ0n) is 9.05. The first kappa shape index (κ1) is 9.51. The topological polar surface area (TPSA) is 26.0 Å². The molecular weight excluding hydrogens is 158 g/mol. The molecule has 0 radical (unpaired) electrons. The van der Waals surface area contributed by atoms with E-state index in [0.717, 1.165) is 24.3 Å². The third-order valence-electron chi connectivity index (χ3n) is 5.00. The van der Waals surface area contributed by atoms with Gasteiger partial charge >= 0.3 is 0 Å². The molecule has 2 N–H and O–H groups in total. The van der Waals surface area contributed by atoms with Crippen molar-refractivity contribution in [1.29, 1.82) is 0 Å². The Bertz CT molecular complexity index is 190. The smallest absolute Gasteiger partial charge is 0.00152 e. The molecular formula is C12H23N. The molecule has 2 bridgehead atoms. The van der Waals surface area contributed by atoms with Crippen LogP contribution < -0.4 is 5.73 Å². The van der Waals surface area contributed by atoms with E-state index in [1.807, 2.05) is 0 Å². The maximum atomic E-state index is 6.03. The first-order chi connectivity index (χ1) is 6.23. The van der Waals surface area contributed by atoms with Gasteiger partial charge in [0.25, 0.3) is 0 Å². The molecule has 0 spiro atoms. The lowest BCUT2D eigenvalue weighted by Gasteiger charge is -2.41. The molecule has 0 aromatic rings. The van der Waals surface area contributed by atoms with E-state index in [-0.39, 0.29) is 0 Å². The van der Waals surface area contributed by atoms with Crippen LogP contribution in [0.25, 0.3) is 0 Å². The van der Waals surface area contributed by atoms with Crippen LogP contribution in [0.4, 0.5) is 0 Å². The molecule has 13 heavy (non-hydrogen) atoms. The summed E-state index contributed by atoms with van der Waals surface area (Å²) >= 11 is 0. The highest BCUT2D eigenvalue weighted by Gasteiger charge is 2.51. The minimum atomic E-state index is 0.539. The molecule has 2 saturated carbocycles. The van der Waals surface area contributed by atoms with Crippen molar-refractivity contribution in [2.75, 3.05) is 6.54 Å². The van der Waals surface area contributed by atoms with E-state index in [1.54, 1.807) is 0 Å². The van der Waals surface area contributed by atoms with Gasteiger partial charge in [-0.15, -0.1) is 0 Å². The van der Waals surface area contributed by atoms with Gasteiger partial charge in [0, 0.05) is 0 Å². The second-order valence-electron chi connectivity index (χ2n) is 5.33. The van der Waals surface area contributed by atoms with Crippen LogP contribution in [0.1, 0.15) is 46.0 Å². The molecule has 0 heterocycles. The van der Waals surface area contributed by atoms with Gasteiger partial charge in [-0.2, -0.15) is 0 Å². The third-order valence-corrected chi connectivity index (χ3v) is 5.00. The van der Waals surface area contributed by atoms with E-state index in [4.69, 9.17) is 5.73 Å². The van der Waals surface area contributed by atoms with Crippen molar-refractivity contribution in [1.82, 2.24) is 0 Å². The number of hydrogen-bond acceptors (Lipinski definition) is 1. The largest absolute Gasteiger partial charge is 0.330 e. The quantitative estimate of drug-likeness (QED) is 0.712. The maximum Gasteiger partial charge on any atom is -0.00152 e. The highest BCUT2D eigenvalue weighted by Crippen LogP contribution is 2.59. The van der Waals surface area contributed by atoms with Gasteiger partial charge in [-0.3, -0.25) is 0 Å². The van der Waals surface area contributed by atoms with E-state index in [0.29, 0.717) is 5.41 Å². The van der Waals surface area contributed by atoms with Crippen molar-refractivity contribution in [3.63, 3.8) is 0 Å². The first-order valence-electron chi connectivity index (χ1n) is 5.93. The summed E-state index contributed by atoms with van der Waals surface area (Å²) in [5.41, 5.74) is 6.57. The fourth-order valence-electron chi connectivity index (χ4n) is 3.95. The number of nitrogens with two attached hydrogens (primary N) is 1. The van der Waals surface area contributed by atoms with E-state index in [1.165, 1.54) is 32.1 Å². The summed E-state index contributed by atoms with van der Waals surface area (Å²) in [5.74, 6) is 2.84. The molecule has 2 aliphatic rings. The Morgan fingerprint density at radius 1 is 1.46 bits per heavy atom. The Kier molecular flexibility index (Phi) is 2.39. The van der Waals surface area contributed by atoms with Crippen LogP contribution >= 0.6 is 0 Å². The summed E-state index contributed by atoms with van der Waals surface area (Å²) in [6.45, 7) is 5.66. The molecule has 0 amide bonds. The van der Waals surface area contributed by atoms with Crippen molar-refractivity contribution in [3.05, 3.63) is 0 Å². The van der Waals surface area contributed by atoms with Crippen molar-refractivity contribution >= 4 is 0 Å². The van der Waals surface area contributed by atoms with Gasteiger partial charge in [-0.05, 0) is 49.0 Å². The maximum absolute atomic E-state index is 6.03. The second kappa shape index (κ2) is 3.27. The van der Waals surface area contributed by atoms with Gasteiger partial charge in [-0.25, -0.2) is 0 Å². The minimum Gasteiger partial charge on any atom is -0.330 e. The Morgan fingerprint density at radius 3 is 2.62 bits per heavy atom. The van der Waals surface area contributed by atoms with Crippen molar-refractivity contribution in [2.45, 2.75) is 46.0 Å². The fraction of sp³-hybridized carbons (Fsp3) is 1.00. The van der Waals surface area contributed by atoms with Crippen LogP contribution in [-0.4, -0.2) is 6.54 Å². The lowest BCUT2D eigenvalue weighted by molar-refractivity contribution is 0.0915. The highest BCUT2D eigenvalue weighted by atomic mass is 14.7. The number of hydrogen-bond donors (Lipinski definition) is 1. The zero-order chi connectivity index (χ0) is 9.47. The average Bonchev–Trinajstić information content (AvgIpc) is 2.75. The summed E-state index contributed by atoms with van der Waals surface area (Å²) in [5, 5.41) is 0. The SMILES string of the molecule is CCC(C)C1(CN)CC2CCC1C2. The third kappa shape index (κ3) is 1.24. The van der Waals surface area contributed by atoms with Gasteiger partial charge < -0.3 is 5.73 Å². The van der Waals surface area contributed by atoms with Crippen LogP contribution in [0.3, 0.4) is 0 Å². The highest BCUT2D eigenvalue weighted by molar-refractivity contribution is 5.02. The van der Waals surface area contributed by atoms with E-state index in [2.05, 4.69) is 13.8 Å². The minimum absolute atomic E-state index is 0.539. The van der Waals surface area contributed by atoms with Crippen molar-refractivity contribution in [2.24, 2.45) is 28.9 Å². The second-order valence-corrected chi connectivity index (χ2v) is 5.33. The Balaban J connectivity index is 2.16. The average molecular weight is 181 g/mol. The van der Waals surface area contributed by atoms with Crippen LogP contribution in [0.15, 0.2) is 0 Å². The molecule has 76 valence electrons. The monoisotopic (exact) mass is 181 g/mol. The van der Waals surface area contributed by atoms with E-state index < -0.39 is 0 Å². The summed E-state index contributed by atoms with van der Waals surface area (Å²) in [4.78, 5) is 0.